The van der Waals surface area contributed by atoms with E-state index in [9.17, 15) is 8.42 Å². The molecule has 0 bridgehead atoms. The Labute approximate surface area is 149 Å². The number of aromatic nitrogens is 1. The molecule has 1 aliphatic carbocycles. The first-order valence-electron chi connectivity index (χ1n) is 9.23. The molecular formula is C17H27N3O4S. The SMILES string of the molecule is Cc1noc(C)c1S(=O)(=O)N1CC(N(CC2CC2)C2CCOCC2)C1. The molecule has 0 radical (unpaired) electrons. The number of sulfonamides is 1. The predicted octanol–water partition coefficient (Wildman–Crippen LogP) is 1.56. The lowest BCUT2D eigenvalue weighted by molar-refractivity contribution is -0.0127. The van der Waals surface area contributed by atoms with Gasteiger partial charge in [-0.05, 0) is 45.4 Å². The summed E-state index contributed by atoms with van der Waals surface area (Å²) in [5.74, 6) is 1.18. The summed E-state index contributed by atoms with van der Waals surface area (Å²) >= 11 is 0. The predicted molar refractivity (Wildman–Crippen MR) is 91.8 cm³/mol. The van der Waals surface area contributed by atoms with Gasteiger partial charge in [0, 0.05) is 44.9 Å². The van der Waals surface area contributed by atoms with E-state index in [1.165, 1.54) is 12.8 Å². The summed E-state index contributed by atoms with van der Waals surface area (Å²) in [4.78, 5) is 2.81. The second kappa shape index (κ2) is 6.64. The smallest absolute Gasteiger partial charge is 0.248 e. The molecule has 0 amide bonds. The quantitative estimate of drug-likeness (QED) is 0.757. The van der Waals surface area contributed by atoms with E-state index in [0.717, 1.165) is 38.5 Å². The maximum Gasteiger partial charge on any atom is 0.248 e. The van der Waals surface area contributed by atoms with Gasteiger partial charge in [0.15, 0.2) is 5.76 Å². The molecule has 0 atom stereocenters. The Morgan fingerprint density at radius 2 is 1.80 bits per heavy atom. The van der Waals surface area contributed by atoms with E-state index in [2.05, 4.69) is 10.1 Å². The fraction of sp³-hybridized carbons (Fsp3) is 0.824. The van der Waals surface area contributed by atoms with Crippen LogP contribution in [0.5, 0.6) is 0 Å². The van der Waals surface area contributed by atoms with Crippen molar-refractivity contribution in [2.45, 2.75) is 56.5 Å². The molecule has 2 saturated heterocycles. The molecular weight excluding hydrogens is 342 g/mol. The van der Waals surface area contributed by atoms with Crippen LogP contribution >= 0.6 is 0 Å². The molecule has 25 heavy (non-hydrogen) atoms. The lowest BCUT2D eigenvalue weighted by atomic mass is 10.0. The number of hydrogen-bond donors (Lipinski definition) is 0. The molecule has 0 unspecified atom stereocenters. The summed E-state index contributed by atoms with van der Waals surface area (Å²) in [7, 11) is -3.50. The highest BCUT2D eigenvalue weighted by Gasteiger charge is 2.44. The van der Waals surface area contributed by atoms with E-state index in [4.69, 9.17) is 9.26 Å². The minimum absolute atomic E-state index is 0.241. The third kappa shape index (κ3) is 3.37. The van der Waals surface area contributed by atoms with Crippen molar-refractivity contribution >= 4 is 10.0 Å². The van der Waals surface area contributed by atoms with Crippen molar-refractivity contribution in [2.24, 2.45) is 5.92 Å². The molecule has 0 spiro atoms. The Morgan fingerprint density at radius 3 is 2.36 bits per heavy atom. The van der Waals surface area contributed by atoms with Crippen molar-refractivity contribution in [3.05, 3.63) is 11.5 Å². The molecule has 0 N–H and O–H groups in total. The Balaban J connectivity index is 1.45. The van der Waals surface area contributed by atoms with Gasteiger partial charge < -0.3 is 9.26 Å². The van der Waals surface area contributed by atoms with E-state index < -0.39 is 10.0 Å². The van der Waals surface area contributed by atoms with Gasteiger partial charge in [-0.2, -0.15) is 4.31 Å². The molecule has 1 aromatic rings. The Kier molecular flexibility index (Phi) is 4.64. The minimum atomic E-state index is -3.50. The first kappa shape index (κ1) is 17.5. The van der Waals surface area contributed by atoms with Gasteiger partial charge in [0.1, 0.15) is 10.6 Å². The van der Waals surface area contributed by atoms with Gasteiger partial charge in [0.25, 0.3) is 0 Å². The zero-order chi connectivity index (χ0) is 17.6. The number of hydrogen-bond acceptors (Lipinski definition) is 6. The number of aryl methyl sites for hydroxylation is 2. The average Bonchev–Trinajstić information content (AvgIpc) is 3.29. The van der Waals surface area contributed by atoms with Crippen LogP contribution in [-0.2, 0) is 14.8 Å². The molecule has 4 rings (SSSR count). The van der Waals surface area contributed by atoms with Crippen LogP contribution in [-0.4, -0.2) is 67.7 Å². The number of nitrogens with zero attached hydrogens (tertiary/aromatic N) is 3. The van der Waals surface area contributed by atoms with E-state index >= 15 is 0 Å². The number of ether oxygens (including phenoxy) is 1. The van der Waals surface area contributed by atoms with Crippen molar-refractivity contribution in [3.8, 4) is 0 Å². The zero-order valence-corrected chi connectivity index (χ0v) is 15.8. The van der Waals surface area contributed by atoms with Crippen LogP contribution in [0, 0.1) is 19.8 Å². The Bertz CT molecular complexity index is 697. The lowest BCUT2D eigenvalue weighted by Gasteiger charge is -2.48. The molecule has 3 heterocycles. The molecule has 3 fully saturated rings. The van der Waals surface area contributed by atoms with Crippen molar-refractivity contribution in [1.29, 1.82) is 0 Å². The monoisotopic (exact) mass is 369 g/mol. The van der Waals surface area contributed by atoms with Crippen LogP contribution < -0.4 is 0 Å². The van der Waals surface area contributed by atoms with Gasteiger partial charge >= 0.3 is 0 Å². The highest BCUT2D eigenvalue weighted by atomic mass is 32.2. The van der Waals surface area contributed by atoms with Crippen LogP contribution in [0.4, 0.5) is 0 Å². The maximum absolute atomic E-state index is 12.9. The summed E-state index contributed by atoms with van der Waals surface area (Å²) in [5.41, 5.74) is 0.445. The van der Waals surface area contributed by atoms with Gasteiger partial charge in [-0.15, -0.1) is 0 Å². The summed E-state index contributed by atoms with van der Waals surface area (Å²) in [5, 5.41) is 3.79. The van der Waals surface area contributed by atoms with Crippen molar-refractivity contribution in [2.75, 3.05) is 32.8 Å². The highest BCUT2D eigenvalue weighted by molar-refractivity contribution is 7.89. The molecule has 1 saturated carbocycles. The Hall–Kier alpha value is -0.960. The third-order valence-electron chi connectivity index (χ3n) is 5.69. The second-order valence-electron chi connectivity index (χ2n) is 7.61. The average molecular weight is 369 g/mol. The fourth-order valence-electron chi connectivity index (χ4n) is 4.01. The van der Waals surface area contributed by atoms with E-state index in [1.807, 2.05) is 0 Å². The van der Waals surface area contributed by atoms with Gasteiger partial charge in [0.05, 0.1) is 0 Å². The maximum atomic E-state index is 12.9. The Morgan fingerprint density at radius 1 is 1.12 bits per heavy atom. The van der Waals surface area contributed by atoms with E-state index in [0.29, 0.717) is 36.6 Å². The molecule has 2 aliphatic heterocycles. The summed E-state index contributed by atoms with van der Waals surface area (Å²) in [6.07, 6.45) is 4.74. The van der Waals surface area contributed by atoms with Crippen molar-refractivity contribution in [3.63, 3.8) is 0 Å². The normalized spacial score (nSPS) is 24.0. The first-order chi connectivity index (χ1) is 12.0. The first-order valence-corrected chi connectivity index (χ1v) is 10.7. The van der Waals surface area contributed by atoms with Crippen molar-refractivity contribution in [1.82, 2.24) is 14.4 Å². The summed E-state index contributed by atoms with van der Waals surface area (Å²) < 4.78 is 37.9. The van der Waals surface area contributed by atoms with Gasteiger partial charge in [0.2, 0.25) is 10.0 Å². The largest absolute Gasteiger partial charge is 0.381 e. The molecule has 8 heteroatoms. The third-order valence-corrected chi connectivity index (χ3v) is 7.77. The van der Waals surface area contributed by atoms with E-state index in [1.54, 1.807) is 18.2 Å². The van der Waals surface area contributed by atoms with E-state index in [-0.39, 0.29) is 4.90 Å². The fourth-order valence-corrected chi connectivity index (χ4v) is 5.81. The zero-order valence-electron chi connectivity index (χ0n) is 15.0. The topological polar surface area (TPSA) is 75.9 Å². The molecule has 3 aliphatic rings. The number of rotatable bonds is 6. The standard InChI is InChI=1S/C17H27N3O4S/c1-12-17(13(2)24-18-12)25(21,22)19-10-16(11-19)20(9-14-3-4-14)15-5-7-23-8-6-15/h14-16H,3-11H2,1-2H3. The summed E-state index contributed by atoms with van der Waals surface area (Å²) in [6, 6.07) is 0.849. The van der Waals surface area contributed by atoms with Crippen LogP contribution in [0.1, 0.15) is 37.1 Å². The lowest BCUT2D eigenvalue weighted by Crippen LogP contribution is -2.63. The van der Waals surface area contributed by atoms with Gasteiger partial charge in [-0.1, -0.05) is 5.16 Å². The minimum Gasteiger partial charge on any atom is -0.381 e. The van der Waals surface area contributed by atoms with Crippen molar-refractivity contribution < 1.29 is 17.7 Å². The highest BCUT2D eigenvalue weighted by Crippen LogP contribution is 2.35. The summed E-state index contributed by atoms with van der Waals surface area (Å²) in [6.45, 7) is 7.22. The van der Waals surface area contributed by atoms with Crippen LogP contribution in [0.15, 0.2) is 9.42 Å². The van der Waals surface area contributed by atoms with Crippen LogP contribution in [0.2, 0.25) is 0 Å². The molecule has 140 valence electrons. The van der Waals surface area contributed by atoms with Crippen LogP contribution in [0.25, 0.3) is 0 Å². The second-order valence-corrected chi connectivity index (χ2v) is 9.49. The molecule has 1 aromatic heterocycles. The molecule has 7 nitrogen and oxygen atoms in total. The van der Waals surface area contributed by atoms with Gasteiger partial charge in [-0.3, -0.25) is 4.90 Å². The van der Waals surface area contributed by atoms with Crippen LogP contribution in [0.3, 0.4) is 0 Å². The molecule has 0 aromatic carbocycles. The van der Waals surface area contributed by atoms with Gasteiger partial charge in [-0.25, -0.2) is 8.42 Å².